The van der Waals surface area contributed by atoms with Gasteiger partial charge in [-0.15, -0.1) is 11.3 Å². The van der Waals surface area contributed by atoms with Gasteiger partial charge in [0.1, 0.15) is 10.8 Å². The zero-order valence-electron chi connectivity index (χ0n) is 14.9. The van der Waals surface area contributed by atoms with Crippen molar-refractivity contribution < 1.29 is 12.8 Å². The second-order valence-electron chi connectivity index (χ2n) is 6.21. The fourth-order valence-corrected chi connectivity index (χ4v) is 5.78. The molecule has 0 radical (unpaired) electrons. The minimum Gasteiger partial charge on any atom is -0.291 e. The molecule has 0 spiro atoms. The molecule has 0 unspecified atom stereocenters. The summed E-state index contributed by atoms with van der Waals surface area (Å²) in [5, 5.41) is 0.656. The first kappa shape index (κ1) is 18.5. The van der Waals surface area contributed by atoms with Crippen molar-refractivity contribution in [2.24, 2.45) is 0 Å². The van der Waals surface area contributed by atoms with Crippen molar-refractivity contribution in [2.75, 3.05) is 0 Å². The van der Waals surface area contributed by atoms with Gasteiger partial charge >= 0.3 is 0 Å². The van der Waals surface area contributed by atoms with Crippen molar-refractivity contribution in [3.63, 3.8) is 0 Å². The average Bonchev–Trinajstić information content (AvgIpc) is 3.30. The van der Waals surface area contributed by atoms with Crippen LogP contribution in [-0.2, 0) is 15.6 Å². The maximum absolute atomic E-state index is 13.6. The highest BCUT2D eigenvalue weighted by Gasteiger charge is 2.25. The molecule has 28 heavy (non-hydrogen) atoms. The molecular weight excluding hydrogens is 397 g/mol. The zero-order valence-corrected chi connectivity index (χ0v) is 16.5. The number of rotatable bonds is 5. The van der Waals surface area contributed by atoms with E-state index in [9.17, 15) is 12.8 Å². The van der Waals surface area contributed by atoms with Gasteiger partial charge in [-0.1, -0.05) is 36.4 Å². The predicted molar refractivity (Wildman–Crippen MR) is 107 cm³/mol. The molecule has 0 N–H and O–H groups in total. The van der Waals surface area contributed by atoms with E-state index in [2.05, 4.69) is 9.97 Å². The predicted octanol–water partition coefficient (Wildman–Crippen LogP) is 4.42. The van der Waals surface area contributed by atoms with E-state index in [0.717, 1.165) is 10.6 Å². The van der Waals surface area contributed by atoms with Crippen molar-refractivity contribution in [1.29, 1.82) is 0 Å². The lowest BCUT2D eigenvalue weighted by atomic mass is 10.2. The first-order valence-corrected chi connectivity index (χ1v) is 10.9. The molecule has 0 amide bonds. The van der Waals surface area contributed by atoms with Gasteiger partial charge in [0.15, 0.2) is 0 Å². The Morgan fingerprint density at radius 1 is 1.11 bits per heavy atom. The number of hydrogen-bond acceptors (Lipinski definition) is 5. The fraction of sp³-hybridized carbons (Fsp3) is 0.100. The first-order valence-electron chi connectivity index (χ1n) is 8.48. The Morgan fingerprint density at radius 3 is 2.64 bits per heavy atom. The Kier molecular flexibility index (Phi) is 4.82. The summed E-state index contributed by atoms with van der Waals surface area (Å²) in [5.74, 6) is -0.657. The van der Waals surface area contributed by atoms with Crippen molar-refractivity contribution >= 4 is 21.2 Å². The standard InChI is InChI=1S/C20H16FN3O2S2/c1-14-18(27-19(23-14)15-6-3-2-4-7-15)13-28(25,26)20-22-10-11-24(20)17-9-5-8-16(21)12-17/h2-12H,13H2,1H3. The van der Waals surface area contributed by atoms with E-state index in [4.69, 9.17) is 0 Å². The minimum atomic E-state index is -3.75. The van der Waals surface area contributed by atoms with E-state index in [-0.39, 0.29) is 10.9 Å². The number of benzene rings is 2. The van der Waals surface area contributed by atoms with Crippen LogP contribution in [0.25, 0.3) is 16.3 Å². The smallest absolute Gasteiger partial charge is 0.232 e. The van der Waals surface area contributed by atoms with Crippen molar-refractivity contribution in [3.8, 4) is 16.3 Å². The van der Waals surface area contributed by atoms with Gasteiger partial charge in [-0.2, -0.15) is 0 Å². The van der Waals surface area contributed by atoms with Crippen LogP contribution in [0.15, 0.2) is 72.1 Å². The summed E-state index contributed by atoms with van der Waals surface area (Å²) >= 11 is 1.35. The van der Waals surface area contributed by atoms with Gasteiger partial charge < -0.3 is 0 Å². The molecular formula is C20H16FN3O2S2. The number of halogens is 1. The van der Waals surface area contributed by atoms with Gasteiger partial charge in [-0.25, -0.2) is 22.8 Å². The quantitative estimate of drug-likeness (QED) is 0.486. The molecule has 0 aliphatic carbocycles. The van der Waals surface area contributed by atoms with Crippen LogP contribution in [0.3, 0.4) is 0 Å². The van der Waals surface area contributed by atoms with Crippen LogP contribution in [0.4, 0.5) is 4.39 Å². The molecule has 8 heteroatoms. The van der Waals surface area contributed by atoms with Gasteiger partial charge in [-0.3, -0.25) is 4.57 Å². The molecule has 2 aromatic heterocycles. The van der Waals surface area contributed by atoms with E-state index >= 15 is 0 Å². The number of nitrogens with zero attached hydrogens (tertiary/aromatic N) is 3. The molecule has 4 aromatic rings. The van der Waals surface area contributed by atoms with Gasteiger partial charge in [0, 0.05) is 22.8 Å². The second kappa shape index (κ2) is 7.29. The van der Waals surface area contributed by atoms with Crippen LogP contribution in [0.5, 0.6) is 0 Å². The lowest BCUT2D eigenvalue weighted by Gasteiger charge is -2.08. The molecule has 0 atom stereocenters. The molecule has 0 aliphatic rings. The van der Waals surface area contributed by atoms with Crippen molar-refractivity contribution in [2.45, 2.75) is 17.8 Å². The summed E-state index contributed by atoms with van der Waals surface area (Å²) in [6.07, 6.45) is 2.91. The number of hydrogen-bond donors (Lipinski definition) is 0. The molecule has 0 fully saturated rings. The third-order valence-corrected chi connectivity index (χ3v) is 7.12. The number of imidazole rings is 1. The third-order valence-electron chi connectivity index (χ3n) is 4.21. The van der Waals surface area contributed by atoms with Crippen LogP contribution in [0.2, 0.25) is 0 Å². The molecule has 5 nitrogen and oxygen atoms in total. The molecule has 4 rings (SSSR count). The summed E-state index contributed by atoms with van der Waals surface area (Å²) in [6.45, 7) is 1.80. The molecule has 142 valence electrons. The number of sulfone groups is 1. The molecule has 0 saturated heterocycles. The Morgan fingerprint density at radius 2 is 1.89 bits per heavy atom. The summed E-state index contributed by atoms with van der Waals surface area (Å²) in [7, 11) is -3.75. The molecule has 0 aliphatic heterocycles. The largest absolute Gasteiger partial charge is 0.291 e. The van der Waals surface area contributed by atoms with E-state index in [1.807, 2.05) is 30.3 Å². The van der Waals surface area contributed by atoms with E-state index in [1.54, 1.807) is 13.0 Å². The van der Waals surface area contributed by atoms with Crippen LogP contribution in [0, 0.1) is 12.7 Å². The van der Waals surface area contributed by atoms with Crippen LogP contribution >= 0.6 is 11.3 Å². The van der Waals surface area contributed by atoms with Gasteiger partial charge in [0.05, 0.1) is 17.1 Å². The highest BCUT2D eigenvalue weighted by molar-refractivity contribution is 7.90. The molecule has 2 aromatic carbocycles. The Hall–Kier alpha value is -2.84. The Labute approximate surface area is 166 Å². The van der Waals surface area contributed by atoms with Crippen LogP contribution in [-0.4, -0.2) is 23.0 Å². The maximum Gasteiger partial charge on any atom is 0.232 e. The first-order chi connectivity index (χ1) is 13.4. The monoisotopic (exact) mass is 413 g/mol. The van der Waals surface area contributed by atoms with Crippen molar-refractivity contribution in [3.05, 3.63) is 83.4 Å². The average molecular weight is 413 g/mol. The normalized spacial score (nSPS) is 11.6. The maximum atomic E-state index is 13.6. The second-order valence-corrected chi connectivity index (χ2v) is 9.18. The number of aryl methyl sites for hydroxylation is 1. The Balaban J connectivity index is 1.68. The van der Waals surface area contributed by atoms with E-state index in [0.29, 0.717) is 16.3 Å². The lowest BCUT2D eigenvalue weighted by Crippen LogP contribution is -2.12. The molecule has 0 bridgehead atoms. The third kappa shape index (κ3) is 3.61. The zero-order chi connectivity index (χ0) is 19.7. The molecule has 2 heterocycles. The summed E-state index contributed by atoms with van der Waals surface area (Å²) in [4.78, 5) is 9.20. The summed E-state index contributed by atoms with van der Waals surface area (Å²) in [6, 6.07) is 15.4. The van der Waals surface area contributed by atoms with Crippen LogP contribution < -0.4 is 0 Å². The molecule has 0 saturated carbocycles. The van der Waals surface area contributed by atoms with Gasteiger partial charge in [0.2, 0.25) is 15.0 Å². The highest BCUT2D eigenvalue weighted by atomic mass is 32.2. The topological polar surface area (TPSA) is 64.8 Å². The Bertz CT molecular complexity index is 1230. The van der Waals surface area contributed by atoms with E-state index < -0.39 is 15.7 Å². The van der Waals surface area contributed by atoms with Crippen LogP contribution in [0.1, 0.15) is 10.6 Å². The van der Waals surface area contributed by atoms with Gasteiger partial charge in [-0.05, 0) is 25.1 Å². The highest BCUT2D eigenvalue weighted by Crippen LogP contribution is 2.30. The number of thiazole rings is 1. The fourth-order valence-electron chi connectivity index (χ4n) is 2.85. The minimum absolute atomic E-state index is 0.118. The summed E-state index contributed by atoms with van der Waals surface area (Å²) in [5.41, 5.74) is 2.03. The lowest BCUT2D eigenvalue weighted by molar-refractivity contribution is 0.582. The van der Waals surface area contributed by atoms with Crippen molar-refractivity contribution in [1.82, 2.24) is 14.5 Å². The SMILES string of the molecule is Cc1nc(-c2ccccc2)sc1CS(=O)(=O)c1nccn1-c1cccc(F)c1. The number of aromatic nitrogens is 3. The summed E-state index contributed by atoms with van der Waals surface area (Å²) < 4.78 is 41.0. The van der Waals surface area contributed by atoms with E-state index in [1.165, 1.54) is 46.5 Å². The van der Waals surface area contributed by atoms with Gasteiger partial charge in [0.25, 0.3) is 0 Å².